The lowest BCUT2D eigenvalue weighted by Gasteiger charge is -2.25. The fourth-order valence-corrected chi connectivity index (χ4v) is 3.63. The standard InChI is InChI=1S/C29H37NO2/c1-23-11-12-24(2)28(21-23)32-19-8-18-29(3,4)22-30-26-13-15-27(16-14-26)31-20-17-25-9-6-5-7-10-25/h5-7,9-16,21,30H,8,17-20,22H2,1-4H3. The van der Waals surface area contributed by atoms with Crippen LogP contribution in [0.15, 0.2) is 72.8 Å². The second-order valence-corrected chi connectivity index (χ2v) is 9.35. The van der Waals surface area contributed by atoms with Crippen LogP contribution in [0.5, 0.6) is 11.5 Å². The van der Waals surface area contributed by atoms with Crippen molar-refractivity contribution in [1.29, 1.82) is 0 Å². The van der Waals surface area contributed by atoms with Crippen LogP contribution in [-0.2, 0) is 6.42 Å². The van der Waals surface area contributed by atoms with E-state index < -0.39 is 0 Å². The highest BCUT2D eigenvalue weighted by Crippen LogP contribution is 2.25. The molecule has 32 heavy (non-hydrogen) atoms. The molecule has 0 unspecified atom stereocenters. The normalized spacial score (nSPS) is 11.2. The van der Waals surface area contributed by atoms with Gasteiger partial charge >= 0.3 is 0 Å². The van der Waals surface area contributed by atoms with Gasteiger partial charge in [-0.3, -0.25) is 0 Å². The van der Waals surface area contributed by atoms with E-state index in [1.807, 2.05) is 18.2 Å². The maximum Gasteiger partial charge on any atom is 0.122 e. The van der Waals surface area contributed by atoms with Gasteiger partial charge in [0.25, 0.3) is 0 Å². The van der Waals surface area contributed by atoms with Crippen LogP contribution in [0.3, 0.4) is 0 Å². The molecule has 3 aromatic carbocycles. The topological polar surface area (TPSA) is 30.5 Å². The van der Waals surface area contributed by atoms with Gasteiger partial charge in [-0.25, -0.2) is 0 Å². The smallest absolute Gasteiger partial charge is 0.122 e. The molecular weight excluding hydrogens is 394 g/mol. The molecule has 1 N–H and O–H groups in total. The summed E-state index contributed by atoms with van der Waals surface area (Å²) < 4.78 is 11.9. The van der Waals surface area contributed by atoms with Gasteiger partial charge in [0.05, 0.1) is 13.2 Å². The summed E-state index contributed by atoms with van der Waals surface area (Å²) in [6.07, 6.45) is 3.06. The van der Waals surface area contributed by atoms with Crippen molar-refractivity contribution < 1.29 is 9.47 Å². The van der Waals surface area contributed by atoms with Crippen molar-refractivity contribution in [3.05, 3.63) is 89.5 Å². The summed E-state index contributed by atoms with van der Waals surface area (Å²) in [5.41, 5.74) is 5.05. The van der Waals surface area contributed by atoms with Crippen LogP contribution in [0.25, 0.3) is 0 Å². The molecule has 0 atom stereocenters. The van der Waals surface area contributed by atoms with Gasteiger partial charge in [0.15, 0.2) is 0 Å². The number of aryl methyl sites for hydroxylation is 2. The number of ether oxygens (including phenoxy) is 2. The minimum atomic E-state index is 0.190. The van der Waals surface area contributed by atoms with Crippen LogP contribution in [0.2, 0.25) is 0 Å². The van der Waals surface area contributed by atoms with Crippen molar-refractivity contribution in [2.75, 3.05) is 25.1 Å². The molecule has 0 saturated carbocycles. The molecule has 0 fully saturated rings. The maximum absolute atomic E-state index is 6.02. The first-order valence-corrected chi connectivity index (χ1v) is 11.6. The van der Waals surface area contributed by atoms with E-state index in [2.05, 4.69) is 87.6 Å². The third-order valence-electron chi connectivity index (χ3n) is 5.73. The van der Waals surface area contributed by atoms with Crippen molar-refractivity contribution in [3.8, 4) is 11.5 Å². The molecule has 0 saturated heterocycles. The molecule has 0 aliphatic carbocycles. The first-order chi connectivity index (χ1) is 15.4. The average molecular weight is 432 g/mol. The zero-order valence-corrected chi connectivity index (χ0v) is 20.0. The van der Waals surface area contributed by atoms with E-state index in [1.54, 1.807) is 0 Å². The van der Waals surface area contributed by atoms with E-state index in [9.17, 15) is 0 Å². The molecular formula is C29H37NO2. The Morgan fingerprint density at radius 1 is 0.812 bits per heavy atom. The van der Waals surface area contributed by atoms with Gasteiger partial charge in [-0.2, -0.15) is 0 Å². The number of anilines is 1. The van der Waals surface area contributed by atoms with Gasteiger partial charge in [0.2, 0.25) is 0 Å². The molecule has 0 aliphatic heterocycles. The number of hydrogen-bond donors (Lipinski definition) is 1. The predicted octanol–water partition coefficient (Wildman–Crippen LogP) is 7.22. The minimum Gasteiger partial charge on any atom is -0.493 e. The second-order valence-electron chi connectivity index (χ2n) is 9.35. The Balaban J connectivity index is 1.35. The first-order valence-electron chi connectivity index (χ1n) is 11.6. The zero-order chi connectivity index (χ0) is 22.8. The number of nitrogens with one attached hydrogen (secondary N) is 1. The second kappa shape index (κ2) is 11.6. The fourth-order valence-electron chi connectivity index (χ4n) is 3.63. The molecule has 0 spiro atoms. The van der Waals surface area contributed by atoms with Gasteiger partial charge < -0.3 is 14.8 Å². The fraction of sp³-hybridized carbons (Fsp3) is 0.379. The molecule has 3 nitrogen and oxygen atoms in total. The van der Waals surface area contributed by atoms with E-state index in [-0.39, 0.29) is 5.41 Å². The summed E-state index contributed by atoms with van der Waals surface area (Å²) in [6.45, 7) is 11.2. The monoisotopic (exact) mass is 431 g/mol. The Morgan fingerprint density at radius 2 is 1.56 bits per heavy atom. The van der Waals surface area contributed by atoms with E-state index in [0.29, 0.717) is 6.61 Å². The molecule has 0 bridgehead atoms. The molecule has 0 heterocycles. The van der Waals surface area contributed by atoms with E-state index >= 15 is 0 Å². The van der Waals surface area contributed by atoms with Crippen molar-refractivity contribution >= 4 is 5.69 Å². The maximum atomic E-state index is 6.02. The Hall–Kier alpha value is -2.94. The largest absolute Gasteiger partial charge is 0.493 e. The molecule has 3 heteroatoms. The molecule has 0 aromatic heterocycles. The van der Waals surface area contributed by atoms with Crippen LogP contribution in [0, 0.1) is 19.3 Å². The summed E-state index contributed by atoms with van der Waals surface area (Å²) in [7, 11) is 0. The molecule has 0 aliphatic rings. The van der Waals surface area contributed by atoms with Crippen LogP contribution < -0.4 is 14.8 Å². The third kappa shape index (κ3) is 7.96. The van der Waals surface area contributed by atoms with Crippen molar-refractivity contribution in [2.45, 2.75) is 47.0 Å². The van der Waals surface area contributed by atoms with Gasteiger partial charge in [0.1, 0.15) is 11.5 Å². The Labute approximate surface area is 193 Å². The van der Waals surface area contributed by atoms with Gasteiger partial charge in [-0.1, -0.05) is 56.3 Å². The summed E-state index contributed by atoms with van der Waals surface area (Å²) in [6, 6.07) is 25.1. The highest BCUT2D eigenvalue weighted by atomic mass is 16.5. The summed E-state index contributed by atoms with van der Waals surface area (Å²) in [5.74, 6) is 1.92. The first kappa shape index (κ1) is 23.7. The lowest BCUT2D eigenvalue weighted by atomic mass is 9.88. The van der Waals surface area contributed by atoms with Crippen LogP contribution in [-0.4, -0.2) is 19.8 Å². The summed E-state index contributed by atoms with van der Waals surface area (Å²) in [4.78, 5) is 0. The van der Waals surface area contributed by atoms with Crippen molar-refractivity contribution in [3.63, 3.8) is 0 Å². The number of benzene rings is 3. The number of hydrogen-bond acceptors (Lipinski definition) is 3. The van der Waals surface area contributed by atoms with E-state index in [0.717, 1.165) is 49.6 Å². The SMILES string of the molecule is Cc1ccc(C)c(OCCCC(C)(C)CNc2ccc(OCCc3ccccc3)cc2)c1. The quantitative estimate of drug-likeness (QED) is 0.307. The zero-order valence-electron chi connectivity index (χ0n) is 20.0. The number of rotatable bonds is 12. The summed E-state index contributed by atoms with van der Waals surface area (Å²) >= 11 is 0. The Bertz CT molecular complexity index is 949. The van der Waals surface area contributed by atoms with Crippen molar-refractivity contribution in [1.82, 2.24) is 0 Å². The molecule has 0 amide bonds. The lowest BCUT2D eigenvalue weighted by Crippen LogP contribution is -2.23. The van der Waals surface area contributed by atoms with Gasteiger partial charge in [-0.05, 0) is 79.1 Å². The molecule has 0 radical (unpaired) electrons. The van der Waals surface area contributed by atoms with Gasteiger partial charge in [0, 0.05) is 18.7 Å². The lowest BCUT2D eigenvalue weighted by molar-refractivity contribution is 0.263. The molecule has 3 rings (SSSR count). The average Bonchev–Trinajstić information content (AvgIpc) is 2.79. The highest BCUT2D eigenvalue weighted by molar-refractivity contribution is 5.46. The highest BCUT2D eigenvalue weighted by Gasteiger charge is 2.17. The van der Waals surface area contributed by atoms with Crippen LogP contribution in [0.4, 0.5) is 5.69 Å². The van der Waals surface area contributed by atoms with E-state index in [1.165, 1.54) is 16.7 Å². The minimum absolute atomic E-state index is 0.190. The summed E-state index contributed by atoms with van der Waals surface area (Å²) in [5, 5.41) is 3.57. The van der Waals surface area contributed by atoms with Crippen LogP contribution >= 0.6 is 0 Å². The Kier molecular flexibility index (Phi) is 8.61. The molecule has 3 aromatic rings. The van der Waals surface area contributed by atoms with Crippen molar-refractivity contribution in [2.24, 2.45) is 5.41 Å². The predicted molar refractivity (Wildman–Crippen MR) is 135 cm³/mol. The Morgan fingerprint density at radius 3 is 2.31 bits per heavy atom. The third-order valence-corrected chi connectivity index (χ3v) is 5.73. The van der Waals surface area contributed by atoms with Gasteiger partial charge in [-0.15, -0.1) is 0 Å². The van der Waals surface area contributed by atoms with Crippen LogP contribution in [0.1, 0.15) is 43.4 Å². The molecule has 170 valence electrons. The van der Waals surface area contributed by atoms with E-state index in [4.69, 9.17) is 9.47 Å².